The minimum Gasteiger partial charge on any atom is -0.363 e. The lowest BCUT2D eigenvalue weighted by molar-refractivity contribution is 0.351. The van der Waals surface area contributed by atoms with Crippen molar-refractivity contribution in [1.29, 1.82) is 5.26 Å². The van der Waals surface area contributed by atoms with Gasteiger partial charge in [-0.1, -0.05) is 30.3 Å². The fourth-order valence-corrected chi connectivity index (χ4v) is 4.02. The molecule has 4 nitrogen and oxygen atoms in total. The molecule has 2 heterocycles. The molecule has 4 heteroatoms. The molecular formula is C22H24N4. The molecule has 0 bridgehead atoms. The quantitative estimate of drug-likeness (QED) is 0.602. The molecule has 4 rings (SSSR count). The van der Waals surface area contributed by atoms with Crippen LogP contribution in [0.5, 0.6) is 0 Å². The van der Waals surface area contributed by atoms with Gasteiger partial charge in [0.25, 0.3) is 0 Å². The number of nitrogens with zero attached hydrogens (tertiary/aromatic N) is 4. The van der Waals surface area contributed by atoms with Gasteiger partial charge in [-0.05, 0) is 56.1 Å². The zero-order valence-corrected chi connectivity index (χ0v) is 15.1. The van der Waals surface area contributed by atoms with Gasteiger partial charge in [0.15, 0.2) is 5.82 Å². The molecule has 0 spiro atoms. The first-order valence-corrected chi connectivity index (χ1v) is 9.66. The SMILES string of the molecule is N#Cc1c(N=CN2CCCCC2)nc2c(c1-c1ccccc1)CCCC2. The van der Waals surface area contributed by atoms with Gasteiger partial charge in [-0.2, -0.15) is 5.26 Å². The lowest BCUT2D eigenvalue weighted by Gasteiger charge is -2.24. The number of rotatable bonds is 3. The summed E-state index contributed by atoms with van der Waals surface area (Å²) < 4.78 is 0. The maximum absolute atomic E-state index is 9.92. The number of benzene rings is 1. The van der Waals surface area contributed by atoms with Gasteiger partial charge < -0.3 is 4.90 Å². The molecule has 0 N–H and O–H groups in total. The highest BCUT2D eigenvalue weighted by atomic mass is 15.2. The van der Waals surface area contributed by atoms with E-state index in [0.29, 0.717) is 11.4 Å². The Balaban J connectivity index is 1.81. The maximum atomic E-state index is 9.92. The third kappa shape index (κ3) is 3.35. The summed E-state index contributed by atoms with van der Waals surface area (Å²) in [5.41, 5.74) is 5.13. The van der Waals surface area contributed by atoms with Gasteiger partial charge in [0, 0.05) is 24.3 Å². The van der Waals surface area contributed by atoms with Crippen LogP contribution in [0.1, 0.15) is 48.9 Å². The maximum Gasteiger partial charge on any atom is 0.172 e. The fraction of sp³-hybridized carbons (Fsp3) is 0.409. The molecule has 1 aromatic heterocycles. The Bertz CT molecular complexity index is 843. The van der Waals surface area contributed by atoms with Crippen LogP contribution in [0.2, 0.25) is 0 Å². The van der Waals surface area contributed by atoms with Crippen molar-refractivity contribution in [3.8, 4) is 17.2 Å². The first-order valence-electron chi connectivity index (χ1n) is 9.66. The summed E-state index contributed by atoms with van der Waals surface area (Å²) in [4.78, 5) is 11.7. The molecule has 1 aliphatic heterocycles. The highest BCUT2D eigenvalue weighted by molar-refractivity contribution is 5.80. The Hall–Kier alpha value is -2.67. The number of fused-ring (bicyclic) bond motifs is 1. The smallest absolute Gasteiger partial charge is 0.172 e. The van der Waals surface area contributed by atoms with Gasteiger partial charge in [0.1, 0.15) is 11.6 Å². The van der Waals surface area contributed by atoms with Gasteiger partial charge in [-0.3, -0.25) is 0 Å². The molecule has 0 atom stereocenters. The predicted molar refractivity (Wildman–Crippen MR) is 105 cm³/mol. The van der Waals surface area contributed by atoms with Crippen molar-refractivity contribution < 1.29 is 0 Å². The number of piperidine rings is 1. The zero-order valence-electron chi connectivity index (χ0n) is 15.1. The number of aliphatic imine (C=N–C) groups is 1. The van der Waals surface area contributed by atoms with Crippen LogP contribution in [0.3, 0.4) is 0 Å². The van der Waals surface area contributed by atoms with E-state index in [2.05, 4.69) is 28.1 Å². The third-order valence-electron chi connectivity index (χ3n) is 5.36. The second kappa shape index (κ2) is 7.70. The Morgan fingerprint density at radius 1 is 1.00 bits per heavy atom. The van der Waals surface area contributed by atoms with Crippen LogP contribution in [0.15, 0.2) is 35.3 Å². The van der Waals surface area contributed by atoms with E-state index in [1.54, 1.807) is 0 Å². The van der Waals surface area contributed by atoms with E-state index in [0.717, 1.165) is 55.6 Å². The molecule has 1 aliphatic carbocycles. The largest absolute Gasteiger partial charge is 0.363 e. The van der Waals surface area contributed by atoms with E-state index >= 15 is 0 Å². The van der Waals surface area contributed by atoms with Gasteiger partial charge in [0.05, 0.1) is 6.34 Å². The Morgan fingerprint density at radius 3 is 2.54 bits per heavy atom. The molecule has 26 heavy (non-hydrogen) atoms. The number of nitriles is 1. The van der Waals surface area contributed by atoms with Crippen molar-refractivity contribution in [2.24, 2.45) is 4.99 Å². The molecule has 2 aliphatic rings. The van der Waals surface area contributed by atoms with E-state index < -0.39 is 0 Å². The van der Waals surface area contributed by atoms with Gasteiger partial charge in [0.2, 0.25) is 0 Å². The Kier molecular flexibility index (Phi) is 4.97. The Morgan fingerprint density at radius 2 is 1.77 bits per heavy atom. The van der Waals surface area contributed by atoms with Crippen molar-refractivity contribution in [3.63, 3.8) is 0 Å². The summed E-state index contributed by atoms with van der Waals surface area (Å²) in [7, 11) is 0. The van der Waals surface area contributed by atoms with Crippen LogP contribution in [-0.2, 0) is 12.8 Å². The number of hydrogen-bond donors (Lipinski definition) is 0. The summed E-state index contributed by atoms with van der Waals surface area (Å²) in [6.07, 6.45) is 9.92. The van der Waals surface area contributed by atoms with E-state index in [1.165, 1.54) is 24.8 Å². The molecule has 0 radical (unpaired) electrons. The van der Waals surface area contributed by atoms with E-state index in [-0.39, 0.29) is 0 Å². The van der Waals surface area contributed by atoms with Gasteiger partial charge in [-0.25, -0.2) is 9.98 Å². The number of pyridine rings is 1. The van der Waals surface area contributed by atoms with Crippen molar-refractivity contribution in [2.45, 2.75) is 44.9 Å². The monoisotopic (exact) mass is 344 g/mol. The molecule has 0 amide bonds. The molecule has 132 valence electrons. The molecule has 0 unspecified atom stereocenters. The van der Waals surface area contributed by atoms with Crippen LogP contribution in [-0.4, -0.2) is 29.3 Å². The lowest BCUT2D eigenvalue weighted by Crippen LogP contribution is -2.28. The standard InChI is InChI=1S/C22H24N4/c23-15-19-21(17-9-3-1-4-10-17)18-11-5-6-12-20(18)25-22(19)24-16-26-13-7-2-8-14-26/h1,3-4,9-10,16H,2,5-8,11-14H2. The number of hydrogen-bond acceptors (Lipinski definition) is 3. The summed E-state index contributed by atoms with van der Waals surface area (Å²) in [6.45, 7) is 2.09. The number of aromatic nitrogens is 1. The van der Waals surface area contributed by atoms with E-state index in [4.69, 9.17) is 4.98 Å². The average Bonchev–Trinajstić information content (AvgIpc) is 2.72. The van der Waals surface area contributed by atoms with E-state index in [1.807, 2.05) is 24.5 Å². The fourth-order valence-electron chi connectivity index (χ4n) is 4.02. The van der Waals surface area contributed by atoms with Crippen molar-refractivity contribution in [2.75, 3.05) is 13.1 Å². The van der Waals surface area contributed by atoms with Crippen LogP contribution < -0.4 is 0 Å². The average molecular weight is 344 g/mol. The molecule has 0 saturated carbocycles. The number of aryl methyl sites for hydroxylation is 1. The van der Waals surface area contributed by atoms with Gasteiger partial charge >= 0.3 is 0 Å². The summed E-state index contributed by atoms with van der Waals surface area (Å²) in [5, 5.41) is 9.92. The predicted octanol–water partition coefficient (Wildman–Crippen LogP) is 4.64. The first-order chi connectivity index (χ1) is 12.9. The van der Waals surface area contributed by atoms with Crippen LogP contribution in [0.25, 0.3) is 11.1 Å². The van der Waals surface area contributed by atoms with Gasteiger partial charge in [-0.15, -0.1) is 0 Å². The number of likely N-dealkylation sites (tertiary alicyclic amines) is 1. The third-order valence-corrected chi connectivity index (χ3v) is 5.36. The molecule has 1 fully saturated rings. The summed E-state index contributed by atoms with van der Waals surface area (Å²) in [5.74, 6) is 0.581. The topological polar surface area (TPSA) is 52.3 Å². The van der Waals surface area contributed by atoms with Crippen LogP contribution in [0, 0.1) is 11.3 Å². The van der Waals surface area contributed by atoms with Crippen LogP contribution >= 0.6 is 0 Å². The van der Waals surface area contributed by atoms with Crippen molar-refractivity contribution >= 4 is 12.2 Å². The first kappa shape index (κ1) is 16.8. The summed E-state index contributed by atoms with van der Waals surface area (Å²) in [6, 6.07) is 12.7. The minimum absolute atomic E-state index is 0.581. The minimum atomic E-state index is 0.581. The molecule has 2 aromatic rings. The molecular weight excluding hydrogens is 320 g/mol. The van der Waals surface area contributed by atoms with Crippen molar-refractivity contribution in [3.05, 3.63) is 47.2 Å². The molecule has 1 saturated heterocycles. The van der Waals surface area contributed by atoms with Crippen molar-refractivity contribution in [1.82, 2.24) is 9.88 Å². The lowest BCUT2D eigenvalue weighted by atomic mass is 9.86. The highest BCUT2D eigenvalue weighted by Crippen LogP contribution is 2.37. The van der Waals surface area contributed by atoms with E-state index in [9.17, 15) is 5.26 Å². The second-order valence-electron chi connectivity index (χ2n) is 7.14. The summed E-state index contributed by atoms with van der Waals surface area (Å²) >= 11 is 0. The van der Waals surface area contributed by atoms with Crippen LogP contribution in [0.4, 0.5) is 5.82 Å². The highest BCUT2D eigenvalue weighted by Gasteiger charge is 2.22. The normalized spacial score (nSPS) is 17.1. The molecule has 1 aromatic carbocycles. The zero-order chi connectivity index (χ0) is 17.8. The second-order valence-corrected chi connectivity index (χ2v) is 7.14. The Labute approximate surface area is 155 Å².